The Morgan fingerprint density at radius 3 is 2.36 bits per heavy atom. The van der Waals surface area contributed by atoms with Gasteiger partial charge in [-0.3, -0.25) is 9.10 Å². The molecule has 0 saturated carbocycles. The predicted octanol–water partition coefficient (Wildman–Crippen LogP) is 1.77. The van der Waals surface area contributed by atoms with Gasteiger partial charge in [0.05, 0.1) is 19.1 Å². The van der Waals surface area contributed by atoms with Gasteiger partial charge in [-0.1, -0.05) is 13.3 Å². The van der Waals surface area contributed by atoms with Gasteiger partial charge in [-0.25, -0.2) is 8.42 Å². The van der Waals surface area contributed by atoms with Gasteiger partial charge in [-0.05, 0) is 37.6 Å². The van der Waals surface area contributed by atoms with Crippen LogP contribution in [-0.2, 0) is 14.8 Å². The van der Waals surface area contributed by atoms with Crippen molar-refractivity contribution in [2.75, 3.05) is 24.2 Å². The molecule has 0 aliphatic heterocycles. The molecular formula is C15H24N2O4S. The molecule has 7 heteroatoms. The summed E-state index contributed by atoms with van der Waals surface area (Å²) in [6, 6.07) is 6.57. The number of nitrogens with zero attached hydrogens (tertiary/aromatic N) is 1. The first-order valence-electron chi connectivity index (χ1n) is 7.19. The summed E-state index contributed by atoms with van der Waals surface area (Å²) in [5.41, 5.74) is 0.432. The highest BCUT2D eigenvalue weighted by molar-refractivity contribution is 7.92. The van der Waals surface area contributed by atoms with Crippen LogP contribution in [-0.4, -0.2) is 40.3 Å². The highest BCUT2D eigenvalue weighted by atomic mass is 32.2. The largest absolute Gasteiger partial charge is 0.497 e. The van der Waals surface area contributed by atoms with E-state index in [0.29, 0.717) is 11.4 Å². The fourth-order valence-electron chi connectivity index (χ4n) is 2.10. The van der Waals surface area contributed by atoms with Gasteiger partial charge < -0.3 is 10.1 Å². The van der Waals surface area contributed by atoms with Crippen molar-refractivity contribution >= 4 is 21.6 Å². The molecule has 0 bridgehead atoms. The van der Waals surface area contributed by atoms with E-state index in [1.165, 1.54) is 7.11 Å². The minimum atomic E-state index is -3.55. The lowest BCUT2D eigenvalue weighted by Gasteiger charge is -2.23. The maximum absolute atomic E-state index is 12.0. The number of hydrogen-bond acceptors (Lipinski definition) is 4. The molecule has 1 N–H and O–H groups in total. The number of anilines is 1. The fourth-order valence-corrected chi connectivity index (χ4v) is 2.96. The van der Waals surface area contributed by atoms with E-state index in [4.69, 9.17) is 4.74 Å². The molecule has 22 heavy (non-hydrogen) atoms. The minimum Gasteiger partial charge on any atom is -0.497 e. The quantitative estimate of drug-likeness (QED) is 0.789. The zero-order valence-electron chi connectivity index (χ0n) is 13.5. The third-order valence-corrected chi connectivity index (χ3v) is 4.32. The molecule has 0 aromatic heterocycles. The molecule has 1 aromatic carbocycles. The van der Waals surface area contributed by atoms with Crippen molar-refractivity contribution in [3.63, 3.8) is 0 Å². The molecule has 1 aromatic rings. The smallest absolute Gasteiger partial charge is 0.240 e. The number of amides is 1. The third-order valence-electron chi connectivity index (χ3n) is 3.18. The summed E-state index contributed by atoms with van der Waals surface area (Å²) < 4.78 is 30.0. The molecule has 0 aliphatic carbocycles. The lowest BCUT2D eigenvalue weighted by atomic mass is 10.2. The standard InChI is InChI=1S/C15H24N2O4S/c1-5-6-12(2)16-15(18)11-17(22(4,19)20)13-7-9-14(21-3)10-8-13/h7-10,12H,5-6,11H2,1-4H3,(H,16,18)/t12-/m1/s1. The third kappa shape index (κ3) is 5.55. The molecule has 0 aliphatic rings. The van der Waals surface area contributed by atoms with Gasteiger partial charge in [0.1, 0.15) is 12.3 Å². The number of carbonyl (C=O) groups is 1. The average molecular weight is 328 g/mol. The number of ether oxygens (including phenoxy) is 1. The van der Waals surface area contributed by atoms with E-state index in [2.05, 4.69) is 5.32 Å². The van der Waals surface area contributed by atoms with E-state index in [1.54, 1.807) is 24.3 Å². The lowest BCUT2D eigenvalue weighted by molar-refractivity contribution is -0.120. The number of methoxy groups -OCH3 is 1. The van der Waals surface area contributed by atoms with Crippen LogP contribution in [0.4, 0.5) is 5.69 Å². The topological polar surface area (TPSA) is 75.7 Å². The second-order valence-electron chi connectivity index (χ2n) is 5.22. The van der Waals surface area contributed by atoms with Crippen LogP contribution in [0.1, 0.15) is 26.7 Å². The van der Waals surface area contributed by atoms with E-state index in [1.807, 2.05) is 13.8 Å². The molecule has 1 rings (SSSR count). The Balaban J connectivity index is 2.88. The summed E-state index contributed by atoms with van der Waals surface area (Å²) in [6.07, 6.45) is 2.89. The van der Waals surface area contributed by atoms with Crippen molar-refractivity contribution in [2.45, 2.75) is 32.7 Å². The summed E-state index contributed by atoms with van der Waals surface area (Å²) in [5.74, 6) is 0.306. The summed E-state index contributed by atoms with van der Waals surface area (Å²) in [6.45, 7) is 3.70. The number of benzene rings is 1. The molecule has 124 valence electrons. The molecule has 0 radical (unpaired) electrons. The number of hydrogen-bond donors (Lipinski definition) is 1. The molecule has 6 nitrogen and oxygen atoms in total. The Bertz CT molecular complexity index is 584. The van der Waals surface area contributed by atoms with Crippen LogP contribution >= 0.6 is 0 Å². The van der Waals surface area contributed by atoms with Gasteiger partial charge in [-0.15, -0.1) is 0 Å². The van der Waals surface area contributed by atoms with Gasteiger partial charge in [0, 0.05) is 6.04 Å². The average Bonchev–Trinajstić information content (AvgIpc) is 2.44. The van der Waals surface area contributed by atoms with E-state index in [9.17, 15) is 13.2 Å². The zero-order valence-corrected chi connectivity index (χ0v) is 14.3. The summed E-state index contributed by atoms with van der Waals surface area (Å²) in [5, 5.41) is 2.81. The van der Waals surface area contributed by atoms with Crippen molar-refractivity contribution in [2.24, 2.45) is 0 Å². The van der Waals surface area contributed by atoms with Crippen LogP contribution in [0.3, 0.4) is 0 Å². The Labute approximate surface area is 132 Å². The van der Waals surface area contributed by atoms with Crippen LogP contribution in [0, 0.1) is 0 Å². The lowest BCUT2D eigenvalue weighted by Crippen LogP contribution is -2.43. The summed E-state index contributed by atoms with van der Waals surface area (Å²) in [4.78, 5) is 12.0. The number of nitrogens with one attached hydrogen (secondary N) is 1. The van der Waals surface area contributed by atoms with Crippen LogP contribution in [0.25, 0.3) is 0 Å². The van der Waals surface area contributed by atoms with Gasteiger partial charge in [0.15, 0.2) is 0 Å². The van der Waals surface area contributed by atoms with Crippen LogP contribution < -0.4 is 14.4 Å². The number of rotatable bonds is 8. The molecule has 1 atom stereocenters. The highest BCUT2D eigenvalue weighted by Gasteiger charge is 2.21. The summed E-state index contributed by atoms with van der Waals surface area (Å²) in [7, 11) is -2.02. The Kier molecular flexibility index (Phi) is 6.67. The second kappa shape index (κ2) is 8.03. The predicted molar refractivity (Wildman–Crippen MR) is 87.7 cm³/mol. The molecule has 0 heterocycles. The van der Waals surface area contributed by atoms with Crippen molar-refractivity contribution < 1.29 is 17.9 Å². The van der Waals surface area contributed by atoms with Gasteiger partial charge in [0.2, 0.25) is 15.9 Å². The Morgan fingerprint density at radius 1 is 1.32 bits per heavy atom. The molecular weight excluding hydrogens is 304 g/mol. The minimum absolute atomic E-state index is 0.0229. The maximum atomic E-state index is 12.0. The van der Waals surface area contributed by atoms with E-state index in [0.717, 1.165) is 23.4 Å². The first kappa shape index (κ1) is 18.3. The van der Waals surface area contributed by atoms with Crippen molar-refractivity contribution in [3.8, 4) is 5.75 Å². The fraction of sp³-hybridized carbons (Fsp3) is 0.533. The van der Waals surface area contributed by atoms with Crippen LogP contribution in [0.5, 0.6) is 5.75 Å². The number of carbonyl (C=O) groups excluding carboxylic acids is 1. The summed E-state index contributed by atoms with van der Waals surface area (Å²) >= 11 is 0. The van der Waals surface area contributed by atoms with Gasteiger partial charge in [-0.2, -0.15) is 0 Å². The number of sulfonamides is 1. The van der Waals surface area contributed by atoms with E-state index >= 15 is 0 Å². The van der Waals surface area contributed by atoms with E-state index in [-0.39, 0.29) is 18.5 Å². The maximum Gasteiger partial charge on any atom is 0.240 e. The SMILES string of the molecule is CCC[C@@H](C)NC(=O)CN(c1ccc(OC)cc1)S(C)(=O)=O. The Morgan fingerprint density at radius 2 is 1.91 bits per heavy atom. The van der Waals surface area contributed by atoms with Crippen LogP contribution in [0.15, 0.2) is 24.3 Å². The van der Waals surface area contributed by atoms with Crippen LogP contribution in [0.2, 0.25) is 0 Å². The molecule has 0 saturated heterocycles. The second-order valence-corrected chi connectivity index (χ2v) is 7.13. The molecule has 0 unspecified atom stereocenters. The molecule has 0 fully saturated rings. The zero-order chi connectivity index (χ0) is 16.8. The van der Waals surface area contributed by atoms with Gasteiger partial charge in [0.25, 0.3) is 0 Å². The Hall–Kier alpha value is -1.76. The van der Waals surface area contributed by atoms with Gasteiger partial charge >= 0.3 is 0 Å². The van der Waals surface area contributed by atoms with Crippen molar-refractivity contribution in [1.82, 2.24) is 5.32 Å². The first-order chi connectivity index (χ1) is 10.3. The molecule has 1 amide bonds. The van der Waals surface area contributed by atoms with Crippen molar-refractivity contribution in [1.29, 1.82) is 0 Å². The molecule has 0 spiro atoms. The normalized spacial score (nSPS) is 12.5. The highest BCUT2D eigenvalue weighted by Crippen LogP contribution is 2.21. The van der Waals surface area contributed by atoms with Crippen molar-refractivity contribution in [3.05, 3.63) is 24.3 Å². The first-order valence-corrected chi connectivity index (χ1v) is 9.04. The monoisotopic (exact) mass is 328 g/mol. The van der Waals surface area contributed by atoms with E-state index < -0.39 is 10.0 Å².